The first-order valence-electron chi connectivity index (χ1n) is 12.0. The highest BCUT2D eigenvalue weighted by atomic mass is 16.8. The summed E-state index contributed by atoms with van der Waals surface area (Å²) in [4.78, 5) is 0. The Labute approximate surface area is 176 Å². The predicted octanol–water partition coefficient (Wildman–Crippen LogP) is 4.93. The Morgan fingerprint density at radius 2 is 1.24 bits per heavy atom. The van der Waals surface area contributed by atoms with Gasteiger partial charge in [0.15, 0.2) is 18.9 Å². The van der Waals surface area contributed by atoms with Gasteiger partial charge in [-0.05, 0) is 25.7 Å². The molecule has 0 aromatic carbocycles. The third kappa shape index (κ3) is 6.62. The number of unbranched alkanes of at least 4 members (excludes halogenated alkanes) is 8. The summed E-state index contributed by atoms with van der Waals surface area (Å²) in [7, 11) is 1.66. The van der Waals surface area contributed by atoms with Gasteiger partial charge in [-0.25, -0.2) is 0 Å². The number of methoxy groups -OCH3 is 1. The summed E-state index contributed by atoms with van der Waals surface area (Å²) in [6.07, 6.45) is 12.8. The van der Waals surface area contributed by atoms with Crippen LogP contribution in [0.3, 0.4) is 0 Å². The number of fused-ring (bicyclic) bond motifs is 3. The van der Waals surface area contributed by atoms with Crippen LogP contribution in [0.2, 0.25) is 0 Å². The second-order valence-electron chi connectivity index (χ2n) is 8.68. The van der Waals surface area contributed by atoms with Crippen LogP contribution in [0.4, 0.5) is 0 Å². The average molecular weight is 415 g/mol. The molecule has 2 unspecified atom stereocenters. The molecule has 6 heteroatoms. The van der Waals surface area contributed by atoms with Crippen molar-refractivity contribution in [2.75, 3.05) is 13.7 Å². The second-order valence-corrected chi connectivity index (χ2v) is 8.68. The quantitative estimate of drug-likeness (QED) is 0.398. The molecule has 3 aliphatic heterocycles. The molecule has 7 atom stereocenters. The van der Waals surface area contributed by atoms with Crippen molar-refractivity contribution in [3.8, 4) is 0 Å². The molecule has 0 aliphatic carbocycles. The lowest BCUT2D eigenvalue weighted by molar-refractivity contribution is -0.341. The fourth-order valence-corrected chi connectivity index (χ4v) is 4.58. The van der Waals surface area contributed by atoms with Gasteiger partial charge in [0.25, 0.3) is 0 Å². The molecule has 29 heavy (non-hydrogen) atoms. The maximum atomic E-state index is 6.32. The molecule has 3 rings (SSSR count). The summed E-state index contributed by atoms with van der Waals surface area (Å²) in [5.74, 6) is 0. The zero-order valence-corrected chi connectivity index (χ0v) is 18.7. The van der Waals surface area contributed by atoms with Gasteiger partial charge in [-0.1, -0.05) is 65.2 Å². The average Bonchev–Trinajstić information content (AvgIpc) is 3.17. The monoisotopic (exact) mass is 414 g/mol. The van der Waals surface area contributed by atoms with Crippen molar-refractivity contribution in [2.24, 2.45) is 0 Å². The minimum Gasteiger partial charge on any atom is -0.353 e. The van der Waals surface area contributed by atoms with Gasteiger partial charge in [0.1, 0.15) is 24.4 Å². The van der Waals surface area contributed by atoms with Gasteiger partial charge >= 0.3 is 0 Å². The van der Waals surface area contributed by atoms with E-state index >= 15 is 0 Å². The molecule has 0 radical (unpaired) electrons. The van der Waals surface area contributed by atoms with E-state index in [0.717, 1.165) is 25.7 Å². The smallest absolute Gasteiger partial charge is 0.186 e. The standard InChI is InChI=1S/C23H42O6/c1-4-6-8-10-12-14-18-25-16-17-20(27-18)21-22(23(24-3)26-17)29-19(28-21)15-13-11-9-7-5-2/h17-23H,4-16H2,1-3H3/t17-,18?,19?,20-,21+,22+,23+/m1/s1. The third-order valence-electron chi connectivity index (χ3n) is 6.28. The summed E-state index contributed by atoms with van der Waals surface area (Å²) >= 11 is 0. The molecule has 0 saturated carbocycles. The Balaban J connectivity index is 1.48. The van der Waals surface area contributed by atoms with E-state index in [9.17, 15) is 0 Å². The molecule has 3 aliphatic rings. The zero-order chi connectivity index (χ0) is 20.5. The molecule has 0 aromatic rings. The van der Waals surface area contributed by atoms with Crippen molar-refractivity contribution in [1.82, 2.24) is 0 Å². The van der Waals surface area contributed by atoms with E-state index in [1.165, 1.54) is 51.4 Å². The van der Waals surface area contributed by atoms with Crippen LogP contribution in [0.25, 0.3) is 0 Å². The first-order valence-corrected chi connectivity index (χ1v) is 12.0. The lowest BCUT2D eigenvalue weighted by atomic mass is 9.98. The van der Waals surface area contributed by atoms with Crippen molar-refractivity contribution in [3.63, 3.8) is 0 Å². The fourth-order valence-electron chi connectivity index (χ4n) is 4.58. The summed E-state index contributed by atoms with van der Waals surface area (Å²) in [5.41, 5.74) is 0. The summed E-state index contributed by atoms with van der Waals surface area (Å²) in [5, 5.41) is 0. The van der Waals surface area contributed by atoms with Crippen molar-refractivity contribution in [2.45, 2.75) is 134 Å². The normalized spacial score (nSPS) is 36.7. The van der Waals surface area contributed by atoms with Crippen LogP contribution in [0.1, 0.15) is 90.9 Å². The molecular weight excluding hydrogens is 372 g/mol. The molecule has 0 bridgehead atoms. The van der Waals surface area contributed by atoms with Crippen LogP contribution < -0.4 is 0 Å². The minimum absolute atomic E-state index is 0.147. The second kappa shape index (κ2) is 12.6. The Kier molecular flexibility index (Phi) is 10.2. The molecule has 0 spiro atoms. The largest absolute Gasteiger partial charge is 0.353 e. The van der Waals surface area contributed by atoms with Crippen LogP contribution >= 0.6 is 0 Å². The Morgan fingerprint density at radius 1 is 0.655 bits per heavy atom. The van der Waals surface area contributed by atoms with Gasteiger partial charge in [-0.15, -0.1) is 0 Å². The van der Waals surface area contributed by atoms with E-state index in [-0.39, 0.29) is 37.0 Å². The summed E-state index contributed by atoms with van der Waals surface area (Å²) < 4.78 is 36.4. The van der Waals surface area contributed by atoms with E-state index in [2.05, 4.69) is 13.8 Å². The van der Waals surface area contributed by atoms with E-state index in [0.29, 0.717) is 6.61 Å². The predicted molar refractivity (Wildman–Crippen MR) is 111 cm³/mol. The van der Waals surface area contributed by atoms with E-state index in [1.54, 1.807) is 7.11 Å². The highest BCUT2D eigenvalue weighted by Gasteiger charge is 2.55. The van der Waals surface area contributed by atoms with Crippen LogP contribution in [-0.4, -0.2) is 57.0 Å². The number of hydrogen-bond acceptors (Lipinski definition) is 6. The number of hydrogen-bond donors (Lipinski definition) is 0. The van der Waals surface area contributed by atoms with Gasteiger partial charge < -0.3 is 28.4 Å². The minimum atomic E-state index is -0.427. The van der Waals surface area contributed by atoms with Crippen LogP contribution in [0.15, 0.2) is 0 Å². The first kappa shape index (κ1) is 23.4. The molecule has 6 nitrogen and oxygen atoms in total. The van der Waals surface area contributed by atoms with Crippen LogP contribution in [0, 0.1) is 0 Å². The molecule has 3 fully saturated rings. The van der Waals surface area contributed by atoms with Gasteiger partial charge in [0, 0.05) is 7.11 Å². The Morgan fingerprint density at radius 3 is 1.90 bits per heavy atom. The van der Waals surface area contributed by atoms with Gasteiger partial charge in [0.05, 0.1) is 6.61 Å². The first-order chi connectivity index (χ1) is 14.3. The van der Waals surface area contributed by atoms with E-state index in [1.807, 2.05) is 0 Å². The topological polar surface area (TPSA) is 55.4 Å². The lowest BCUT2D eigenvalue weighted by Gasteiger charge is -2.45. The van der Waals surface area contributed by atoms with Crippen LogP contribution in [0.5, 0.6) is 0 Å². The zero-order valence-electron chi connectivity index (χ0n) is 18.7. The molecular formula is C23H42O6. The molecule has 3 saturated heterocycles. The Bertz CT molecular complexity index is 445. The van der Waals surface area contributed by atoms with Crippen molar-refractivity contribution in [1.29, 1.82) is 0 Å². The van der Waals surface area contributed by atoms with Crippen LogP contribution in [-0.2, 0) is 28.4 Å². The van der Waals surface area contributed by atoms with Gasteiger partial charge in [0.2, 0.25) is 0 Å². The molecule has 170 valence electrons. The van der Waals surface area contributed by atoms with Crippen molar-refractivity contribution in [3.05, 3.63) is 0 Å². The van der Waals surface area contributed by atoms with Crippen molar-refractivity contribution >= 4 is 0 Å². The van der Waals surface area contributed by atoms with Gasteiger partial charge in [-0.3, -0.25) is 0 Å². The Hall–Kier alpha value is -0.240. The highest BCUT2D eigenvalue weighted by Crippen LogP contribution is 2.38. The maximum Gasteiger partial charge on any atom is 0.186 e. The molecule has 0 N–H and O–H groups in total. The summed E-state index contributed by atoms with van der Waals surface area (Å²) in [6.45, 7) is 5.00. The fraction of sp³-hybridized carbons (Fsp3) is 1.00. The number of ether oxygens (including phenoxy) is 6. The number of rotatable bonds is 13. The van der Waals surface area contributed by atoms with E-state index < -0.39 is 6.29 Å². The third-order valence-corrected chi connectivity index (χ3v) is 6.28. The molecule has 0 aromatic heterocycles. The summed E-state index contributed by atoms with van der Waals surface area (Å²) in [6, 6.07) is 0. The SMILES string of the molecule is CCCCCCCC1O[C@@H]2[C@H](O1)[C@@H](OC)O[C@@H]1COC(CCCCCCC)O[C@@H]21. The molecule has 0 amide bonds. The van der Waals surface area contributed by atoms with Crippen molar-refractivity contribution < 1.29 is 28.4 Å². The molecule has 3 heterocycles. The van der Waals surface area contributed by atoms with E-state index in [4.69, 9.17) is 28.4 Å². The highest BCUT2D eigenvalue weighted by molar-refractivity contribution is 4.97. The van der Waals surface area contributed by atoms with Gasteiger partial charge in [-0.2, -0.15) is 0 Å². The lowest BCUT2D eigenvalue weighted by Crippen LogP contribution is -2.62. The maximum absolute atomic E-state index is 6.32.